The Bertz CT molecular complexity index is 398. The summed E-state index contributed by atoms with van der Waals surface area (Å²) in [5.41, 5.74) is 5.33. The van der Waals surface area contributed by atoms with E-state index in [-0.39, 0.29) is 12.5 Å². The Morgan fingerprint density at radius 3 is 2.89 bits per heavy atom. The highest BCUT2D eigenvalue weighted by molar-refractivity contribution is 5.75. The van der Waals surface area contributed by atoms with Crippen molar-refractivity contribution in [2.45, 2.75) is 25.4 Å². The third-order valence-electron chi connectivity index (χ3n) is 3.33. The molecule has 1 aromatic rings. The first-order valence-electron chi connectivity index (χ1n) is 6.22. The molecule has 1 fully saturated rings. The van der Waals surface area contributed by atoms with Crippen LogP contribution in [-0.4, -0.2) is 51.2 Å². The van der Waals surface area contributed by atoms with Crippen LogP contribution in [0.15, 0.2) is 6.33 Å². The van der Waals surface area contributed by atoms with Gasteiger partial charge in [0.25, 0.3) is 0 Å². The van der Waals surface area contributed by atoms with E-state index in [2.05, 4.69) is 20.3 Å². The van der Waals surface area contributed by atoms with E-state index in [0.29, 0.717) is 12.6 Å². The molecule has 1 saturated heterocycles. The van der Waals surface area contributed by atoms with Gasteiger partial charge >= 0.3 is 0 Å². The van der Waals surface area contributed by atoms with Gasteiger partial charge in [-0.3, -0.25) is 14.4 Å². The van der Waals surface area contributed by atoms with Crippen molar-refractivity contribution in [2.24, 2.45) is 12.8 Å². The first-order chi connectivity index (χ1) is 8.66. The molecule has 0 unspecified atom stereocenters. The molecule has 100 valence electrons. The van der Waals surface area contributed by atoms with Crippen LogP contribution in [0.2, 0.25) is 0 Å². The monoisotopic (exact) mass is 252 g/mol. The number of primary amides is 1. The molecule has 1 aliphatic heterocycles. The van der Waals surface area contributed by atoms with Gasteiger partial charge in [0.05, 0.1) is 13.1 Å². The summed E-state index contributed by atoms with van der Waals surface area (Å²) in [5.74, 6) is 0.561. The number of aryl methyl sites for hydroxylation is 1. The summed E-state index contributed by atoms with van der Waals surface area (Å²) in [6, 6.07) is 0.385. The average Bonchev–Trinajstić information content (AvgIpc) is 2.75. The molecule has 0 bridgehead atoms. The van der Waals surface area contributed by atoms with Crippen LogP contribution in [0, 0.1) is 0 Å². The van der Waals surface area contributed by atoms with Gasteiger partial charge in [0.15, 0.2) is 0 Å². The third kappa shape index (κ3) is 3.27. The molecule has 1 aliphatic rings. The van der Waals surface area contributed by atoms with Crippen molar-refractivity contribution in [3.63, 3.8) is 0 Å². The van der Waals surface area contributed by atoms with Crippen LogP contribution < -0.4 is 11.1 Å². The standard InChI is InChI=1S/C11H20N6O/c1-16-11(14-8-15-16)7-17(6-10(12)18)9-2-4-13-5-3-9/h8-9,13H,2-7H2,1H3,(H2,12,18). The van der Waals surface area contributed by atoms with Gasteiger partial charge in [-0.1, -0.05) is 0 Å². The van der Waals surface area contributed by atoms with Crippen LogP contribution in [-0.2, 0) is 18.4 Å². The van der Waals surface area contributed by atoms with E-state index in [1.165, 1.54) is 6.33 Å². The minimum absolute atomic E-state index is 0.275. The largest absolute Gasteiger partial charge is 0.369 e. The second kappa shape index (κ2) is 5.92. The zero-order valence-corrected chi connectivity index (χ0v) is 10.7. The van der Waals surface area contributed by atoms with Gasteiger partial charge in [0.2, 0.25) is 5.91 Å². The average molecular weight is 252 g/mol. The molecule has 1 amide bonds. The molecule has 18 heavy (non-hydrogen) atoms. The van der Waals surface area contributed by atoms with E-state index in [9.17, 15) is 4.79 Å². The van der Waals surface area contributed by atoms with Gasteiger partial charge in [-0.15, -0.1) is 0 Å². The lowest BCUT2D eigenvalue weighted by Crippen LogP contribution is -2.46. The molecule has 2 heterocycles. The van der Waals surface area contributed by atoms with E-state index in [1.807, 2.05) is 7.05 Å². The highest BCUT2D eigenvalue weighted by atomic mass is 16.1. The Hall–Kier alpha value is -1.47. The predicted octanol–water partition coefficient (Wildman–Crippen LogP) is -1.15. The molecule has 0 aliphatic carbocycles. The van der Waals surface area contributed by atoms with Crippen molar-refractivity contribution >= 4 is 5.91 Å². The molecule has 0 aromatic carbocycles. The topological polar surface area (TPSA) is 89.1 Å². The molecule has 0 radical (unpaired) electrons. The van der Waals surface area contributed by atoms with Crippen LogP contribution >= 0.6 is 0 Å². The van der Waals surface area contributed by atoms with Gasteiger partial charge in [-0.2, -0.15) is 5.10 Å². The number of rotatable bonds is 5. The molecule has 3 N–H and O–H groups in total. The zero-order chi connectivity index (χ0) is 13.0. The van der Waals surface area contributed by atoms with Crippen molar-refractivity contribution < 1.29 is 4.79 Å². The summed E-state index contributed by atoms with van der Waals surface area (Å²) in [6.45, 7) is 2.86. The third-order valence-corrected chi connectivity index (χ3v) is 3.33. The number of carbonyl (C=O) groups is 1. The zero-order valence-electron chi connectivity index (χ0n) is 10.7. The Morgan fingerprint density at radius 2 is 2.33 bits per heavy atom. The van der Waals surface area contributed by atoms with Gasteiger partial charge < -0.3 is 11.1 Å². The molecule has 0 atom stereocenters. The lowest BCUT2D eigenvalue weighted by Gasteiger charge is -2.33. The number of nitrogens with zero attached hydrogens (tertiary/aromatic N) is 4. The number of hydrogen-bond acceptors (Lipinski definition) is 5. The Balaban J connectivity index is 2.04. The minimum Gasteiger partial charge on any atom is -0.369 e. The smallest absolute Gasteiger partial charge is 0.231 e. The molecule has 1 aromatic heterocycles. The number of carbonyl (C=O) groups excluding carboxylic acids is 1. The molecule has 0 saturated carbocycles. The van der Waals surface area contributed by atoms with E-state index in [1.54, 1.807) is 4.68 Å². The summed E-state index contributed by atoms with van der Waals surface area (Å²) >= 11 is 0. The molecule has 7 nitrogen and oxygen atoms in total. The molecule has 0 spiro atoms. The van der Waals surface area contributed by atoms with Crippen molar-refractivity contribution in [3.05, 3.63) is 12.2 Å². The van der Waals surface area contributed by atoms with Gasteiger partial charge in [-0.05, 0) is 25.9 Å². The van der Waals surface area contributed by atoms with Gasteiger partial charge in [-0.25, -0.2) is 4.98 Å². The first kappa shape index (κ1) is 13.0. The van der Waals surface area contributed by atoms with Crippen molar-refractivity contribution in [1.29, 1.82) is 0 Å². The highest BCUT2D eigenvalue weighted by Gasteiger charge is 2.23. The lowest BCUT2D eigenvalue weighted by molar-refractivity contribution is -0.120. The van der Waals surface area contributed by atoms with Crippen molar-refractivity contribution in [1.82, 2.24) is 25.0 Å². The maximum atomic E-state index is 11.2. The number of nitrogens with two attached hydrogens (primary N) is 1. The molecular weight excluding hydrogens is 232 g/mol. The van der Waals surface area contributed by atoms with E-state index >= 15 is 0 Å². The summed E-state index contributed by atoms with van der Waals surface area (Å²) in [5, 5.41) is 7.36. The van der Waals surface area contributed by atoms with E-state index < -0.39 is 0 Å². The van der Waals surface area contributed by atoms with Crippen LogP contribution in [0.25, 0.3) is 0 Å². The quantitative estimate of drug-likeness (QED) is 0.691. The SMILES string of the molecule is Cn1ncnc1CN(CC(N)=O)C1CCNCC1. The number of aromatic nitrogens is 3. The fraction of sp³-hybridized carbons (Fsp3) is 0.727. The Morgan fingerprint density at radius 1 is 1.61 bits per heavy atom. The Labute approximate surface area is 106 Å². The normalized spacial score (nSPS) is 17.2. The van der Waals surface area contributed by atoms with Crippen LogP contribution in [0.3, 0.4) is 0 Å². The summed E-state index contributed by atoms with van der Waals surface area (Å²) < 4.78 is 1.73. The summed E-state index contributed by atoms with van der Waals surface area (Å²) in [7, 11) is 1.85. The predicted molar refractivity (Wildman–Crippen MR) is 66.5 cm³/mol. The fourth-order valence-electron chi connectivity index (χ4n) is 2.33. The van der Waals surface area contributed by atoms with Crippen molar-refractivity contribution in [2.75, 3.05) is 19.6 Å². The van der Waals surface area contributed by atoms with E-state index in [0.717, 1.165) is 31.8 Å². The van der Waals surface area contributed by atoms with Gasteiger partial charge in [0, 0.05) is 13.1 Å². The van der Waals surface area contributed by atoms with Gasteiger partial charge in [0.1, 0.15) is 12.2 Å². The fourth-order valence-corrected chi connectivity index (χ4v) is 2.33. The van der Waals surface area contributed by atoms with Crippen LogP contribution in [0.5, 0.6) is 0 Å². The summed E-state index contributed by atoms with van der Waals surface area (Å²) in [4.78, 5) is 17.5. The second-order valence-electron chi connectivity index (χ2n) is 4.65. The maximum Gasteiger partial charge on any atom is 0.231 e. The molecular formula is C11H20N6O. The van der Waals surface area contributed by atoms with E-state index in [4.69, 9.17) is 5.73 Å². The number of hydrogen-bond donors (Lipinski definition) is 2. The second-order valence-corrected chi connectivity index (χ2v) is 4.65. The summed E-state index contributed by atoms with van der Waals surface area (Å²) in [6.07, 6.45) is 3.59. The Kier molecular flexibility index (Phi) is 4.27. The minimum atomic E-state index is -0.296. The molecule has 2 rings (SSSR count). The molecule has 7 heteroatoms. The number of amides is 1. The number of nitrogens with one attached hydrogen (secondary N) is 1. The lowest BCUT2D eigenvalue weighted by atomic mass is 10.0. The maximum absolute atomic E-state index is 11.2. The van der Waals surface area contributed by atoms with Crippen LogP contribution in [0.1, 0.15) is 18.7 Å². The van der Waals surface area contributed by atoms with Crippen molar-refractivity contribution in [3.8, 4) is 0 Å². The first-order valence-corrected chi connectivity index (χ1v) is 6.22. The number of piperidine rings is 1. The highest BCUT2D eigenvalue weighted by Crippen LogP contribution is 2.14. The van der Waals surface area contributed by atoms with Crippen LogP contribution in [0.4, 0.5) is 0 Å².